The second-order valence-corrected chi connectivity index (χ2v) is 5.64. The Hall–Kier alpha value is -0.420. The fourth-order valence-electron chi connectivity index (χ4n) is 2.42. The van der Waals surface area contributed by atoms with Gasteiger partial charge in [0.1, 0.15) is 0 Å². The SMILES string of the molecule is COC1(C(O)Cc2ccc(Br)cc2)CCOCC1. The van der Waals surface area contributed by atoms with Crippen molar-refractivity contribution in [2.45, 2.75) is 31.0 Å². The number of ether oxygens (including phenoxy) is 2. The molecule has 1 atom stereocenters. The first-order valence-corrected chi connectivity index (χ1v) is 7.01. The number of rotatable bonds is 4. The first kappa shape index (κ1) is 14.0. The van der Waals surface area contributed by atoms with Crippen LogP contribution in [0, 0.1) is 0 Å². The molecule has 1 aromatic carbocycles. The zero-order chi connectivity index (χ0) is 13.0. The molecule has 1 fully saturated rings. The summed E-state index contributed by atoms with van der Waals surface area (Å²) in [6, 6.07) is 8.03. The average molecular weight is 315 g/mol. The highest BCUT2D eigenvalue weighted by molar-refractivity contribution is 9.10. The van der Waals surface area contributed by atoms with Gasteiger partial charge in [-0.3, -0.25) is 0 Å². The highest BCUT2D eigenvalue weighted by atomic mass is 79.9. The highest BCUT2D eigenvalue weighted by Crippen LogP contribution is 2.30. The van der Waals surface area contributed by atoms with Gasteiger partial charge >= 0.3 is 0 Å². The minimum absolute atomic E-state index is 0.453. The molecule has 0 bridgehead atoms. The second-order valence-electron chi connectivity index (χ2n) is 4.73. The summed E-state index contributed by atoms with van der Waals surface area (Å²) in [4.78, 5) is 0. The van der Waals surface area contributed by atoms with E-state index in [1.54, 1.807) is 7.11 Å². The molecule has 3 nitrogen and oxygen atoms in total. The zero-order valence-electron chi connectivity index (χ0n) is 10.6. The number of aliphatic hydroxyl groups is 1. The van der Waals surface area contributed by atoms with Gasteiger partial charge in [0.25, 0.3) is 0 Å². The third kappa shape index (κ3) is 3.12. The van der Waals surface area contributed by atoms with E-state index in [0.717, 1.165) is 22.9 Å². The van der Waals surface area contributed by atoms with Gasteiger partial charge in [0.2, 0.25) is 0 Å². The van der Waals surface area contributed by atoms with Gasteiger partial charge in [-0.2, -0.15) is 0 Å². The Bertz CT molecular complexity index is 371. The first-order valence-electron chi connectivity index (χ1n) is 6.22. The predicted molar refractivity (Wildman–Crippen MR) is 73.6 cm³/mol. The maximum absolute atomic E-state index is 10.5. The van der Waals surface area contributed by atoms with Gasteiger partial charge in [-0.1, -0.05) is 28.1 Å². The highest BCUT2D eigenvalue weighted by Gasteiger charge is 2.39. The summed E-state index contributed by atoms with van der Waals surface area (Å²) < 4.78 is 12.0. The van der Waals surface area contributed by atoms with Gasteiger partial charge in [-0.05, 0) is 17.7 Å². The van der Waals surface area contributed by atoms with E-state index in [9.17, 15) is 5.11 Å². The molecule has 4 heteroatoms. The number of hydrogen-bond acceptors (Lipinski definition) is 3. The maximum Gasteiger partial charge on any atom is 0.0983 e. The van der Waals surface area contributed by atoms with Gasteiger partial charge < -0.3 is 14.6 Å². The third-order valence-electron chi connectivity index (χ3n) is 3.70. The van der Waals surface area contributed by atoms with Crippen molar-refractivity contribution in [3.8, 4) is 0 Å². The molecule has 0 amide bonds. The summed E-state index contributed by atoms with van der Waals surface area (Å²) in [5.41, 5.74) is 0.666. The van der Waals surface area contributed by atoms with Crippen molar-refractivity contribution in [2.75, 3.05) is 20.3 Å². The van der Waals surface area contributed by atoms with Crippen LogP contribution in [-0.2, 0) is 15.9 Å². The molecule has 0 radical (unpaired) electrons. The standard InChI is InChI=1S/C14H19BrO3/c1-17-14(6-8-18-9-7-14)13(16)10-11-2-4-12(15)5-3-11/h2-5,13,16H,6-10H2,1H3. The Kier molecular flexibility index (Phi) is 4.78. The fraction of sp³-hybridized carbons (Fsp3) is 0.571. The van der Waals surface area contributed by atoms with Crippen LogP contribution in [0.1, 0.15) is 18.4 Å². The minimum Gasteiger partial charge on any atom is -0.390 e. The molecule has 1 N–H and O–H groups in total. The van der Waals surface area contributed by atoms with Crippen molar-refractivity contribution < 1.29 is 14.6 Å². The summed E-state index contributed by atoms with van der Waals surface area (Å²) in [5.74, 6) is 0. The molecule has 0 aromatic heterocycles. The lowest BCUT2D eigenvalue weighted by Crippen LogP contribution is -2.49. The number of benzene rings is 1. The predicted octanol–water partition coefficient (Wildman–Crippen LogP) is 2.55. The van der Waals surface area contributed by atoms with Gasteiger partial charge in [0.05, 0.1) is 11.7 Å². The number of aliphatic hydroxyl groups excluding tert-OH is 1. The van der Waals surface area contributed by atoms with Crippen LogP contribution in [0.3, 0.4) is 0 Å². The van der Waals surface area contributed by atoms with E-state index in [4.69, 9.17) is 9.47 Å². The minimum atomic E-state index is -0.493. The maximum atomic E-state index is 10.5. The van der Waals surface area contributed by atoms with Crippen LogP contribution < -0.4 is 0 Å². The van der Waals surface area contributed by atoms with E-state index in [1.165, 1.54) is 0 Å². The van der Waals surface area contributed by atoms with E-state index in [-0.39, 0.29) is 0 Å². The van der Waals surface area contributed by atoms with Crippen LogP contribution in [0.15, 0.2) is 28.7 Å². The fourth-order valence-corrected chi connectivity index (χ4v) is 2.68. The Labute approximate surface area is 116 Å². The molecule has 1 saturated heterocycles. The summed E-state index contributed by atoms with van der Waals surface area (Å²) in [7, 11) is 1.68. The van der Waals surface area contributed by atoms with E-state index in [0.29, 0.717) is 19.6 Å². The lowest BCUT2D eigenvalue weighted by atomic mass is 9.85. The van der Waals surface area contributed by atoms with Gasteiger partial charge in [-0.15, -0.1) is 0 Å². The van der Waals surface area contributed by atoms with Crippen LogP contribution >= 0.6 is 15.9 Å². The van der Waals surface area contributed by atoms with Crippen LogP contribution in [0.5, 0.6) is 0 Å². The molecule has 1 aromatic rings. The topological polar surface area (TPSA) is 38.7 Å². The van der Waals surface area contributed by atoms with Crippen LogP contribution in [-0.4, -0.2) is 37.1 Å². The van der Waals surface area contributed by atoms with Crippen LogP contribution in [0.4, 0.5) is 0 Å². The van der Waals surface area contributed by atoms with Crippen LogP contribution in [0.2, 0.25) is 0 Å². The lowest BCUT2D eigenvalue weighted by molar-refractivity contribution is -0.151. The van der Waals surface area contributed by atoms with Crippen molar-refractivity contribution in [3.63, 3.8) is 0 Å². The Morgan fingerprint density at radius 2 is 1.94 bits per heavy atom. The van der Waals surface area contributed by atoms with Crippen molar-refractivity contribution in [1.82, 2.24) is 0 Å². The Morgan fingerprint density at radius 3 is 2.50 bits per heavy atom. The van der Waals surface area contributed by atoms with Crippen molar-refractivity contribution in [1.29, 1.82) is 0 Å². The van der Waals surface area contributed by atoms with Gasteiger partial charge in [-0.25, -0.2) is 0 Å². The smallest absolute Gasteiger partial charge is 0.0983 e. The molecule has 100 valence electrons. The number of methoxy groups -OCH3 is 1. The zero-order valence-corrected chi connectivity index (χ0v) is 12.1. The second kappa shape index (κ2) is 6.15. The van der Waals surface area contributed by atoms with E-state index < -0.39 is 11.7 Å². The van der Waals surface area contributed by atoms with Crippen molar-refractivity contribution in [2.24, 2.45) is 0 Å². The molecular formula is C14H19BrO3. The molecule has 18 heavy (non-hydrogen) atoms. The quantitative estimate of drug-likeness (QED) is 0.928. The average Bonchev–Trinajstić information content (AvgIpc) is 2.42. The largest absolute Gasteiger partial charge is 0.390 e. The lowest BCUT2D eigenvalue weighted by Gasteiger charge is -2.39. The molecule has 0 aliphatic carbocycles. The van der Waals surface area contributed by atoms with Crippen LogP contribution in [0.25, 0.3) is 0 Å². The van der Waals surface area contributed by atoms with E-state index in [1.807, 2.05) is 24.3 Å². The van der Waals surface area contributed by atoms with Gasteiger partial charge in [0.15, 0.2) is 0 Å². The molecule has 2 rings (SSSR count). The normalized spacial score (nSPS) is 20.6. The molecule has 0 spiro atoms. The number of hydrogen-bond donors (Lipinski definition) is 1. The Balaban J connectivity index is 2.05. The molecule has 1 unspecified atom stereocenters. The molecule has 0 saturated carbocycles. The van der Waals surface area contributed by atoms with Crippen molar-refractivity contribution >= 4 is 15.9 Å². The van der Waals surface area contributed by atoms with E-state index in [2.05, 4.69) is 15.9 Å². The van der Waals surface area contributed by atoms with Crippen molar-refractivity contribution in [3.05, 3.63) is 34.3 Å². The summed E-state index contributed by atoms with van der Waals surface area (Å²) >= 11 is 3.41. The number of halogens is 1. The summed E-state index contributed by atoms with van der Waals surface area (Å²) in [6.07, 6.45) is 1.62. The molecule has 1 heterocycles. The summed E-state index contributed by atoms with van der Waals surface area (Å²) in [5, 5.41) is 10.5. The molecular weight excluding hydrogens is 296 g/mol. The first-order chi connectivity index (χ1) is 8.66. The molecule has 1 aliphatic heterocycles. The molecule has 1 aliphatic rings. The van der Waals surface area contributed by atoms with Gasteiger partial charge in [0, 0.05) is 44.1 Å². The summed E-state index contributed by atoms with van der Waals surface area (Å²) in [6.45, 7) is 1.32. The monoisotopic (exact) mass is 314 g/mol. The van der Waals surface area contributed by atoms with E-state index >= 15 is 0 Å². The third-order valence-corrected chi connectivity index (χ3v) is 4.22. The Morgan fingerprint density at radius 1 is 1.33 bits per heavy atom.